The van der Waals surface area contributed by atoms with E-state index in [1.54, 1.807) is 63.2 Å². The maximum Gasteiger partial charge on any atom is 0.338 e. The Bertz CT molecular complexity index is 2130. The topological polar surface area (TPSA) is 122 Å². The molecule has 14 heteroatoms. The lowest BCUT2D eigenvalue weighted by Crippen LogP contribution is -2.40. The number of aryl methyl sites for hydroxylation is 1. The molecular weight excluding hydrogens is 780 g/mol. The van der Waals surface area contributed by atoms with Crippen molar-refractivity contribution in [3.05, 3.63) is 125 Å². The van der Waals surface area contributed by atoms with Gasteiger partial charge < -0.3 is 14.2 Å². The number of ether oxygens (including phenoxy) is 3. The van der Waals surface area contributed by atoms with Crippen LogP contribution in [-0.2, 0) is 16.1 Å². The molecule has 0 spiro atoms. The van der Waals surface area contributed by atoms with Crippen molar-refractivity contribution >= 4 is 74.9 Å². The van der Waals surface area contributed by atoms with Gasteiger partial charge in [-0.05, 0) is 91.8 Å². The molecule has 0 saturated carbocycles. The third kappa shape index (κ3) is 7.25. The normalized spacial score (nSPS) is 14.4. The van der Waals surface area contributed by atoms with Gasteiger partial charge in [0.15, 0.2) is 16.3 Å². The van der Waals surface area contributed by atoms with Gasteiger partial charge >= 0.3 is 5.97 Å². The predicted octanol–water partition coefficient (Wildman–Crippen LogP) is 6.90. The Kier molecular flexibility index (Phi) is 10.7. The van der Waals surface area contributed by atoms with Crippen molar-refractivity contribution in [1.82, 2.24) is 4.57 Å². The molecule has 1 aliphatic heterocycles. The number of aromatic nitrogens is 1. The van der Waals surface area contributed by atoms with Gasteiger partial charge in [-0.3, -0.25) is 19.5 Å². The highest BCUT2D eigenvalue weighted by Crippen LogP contribution is 2.36. The molecular formula is C33H28Cl2IN3O7S. The summed E-state index contributed by atoms with van der Waals surface area (Å²) in [7, 11) is 0. The van der Waals surface area contributed by atoms with Crippen molar-refractivity contribution in [2.45, 2.75) is 40.3 Å². The first-order chi connectivity index (χ1) is 22.4. The van der Waals surface area contributed by atoms with Gasteiger partial charge in [-0.25, -0.2) is 9.79 Å². The Balaban J connectivity index is 1.61. The first-order valence-corrected chi connectivity index (χ1v) is 17.1. The summed E-state index contributed by atoms with van der Waals surface area (Å²) in [5.74, 6) is 0.351. The fraction of sp³-hybridized carbons (Fsp3) is 0.242. The van der Waals surface area contributed by atoms with Gasteiger partial charge in [0.2, 0.25) is 0 Å². The fourth-order valence-corrected chi connectivity index (χ4v) is 7.41. The number of nitro benzene ring substituents is 1. The van der Waals surface area contributed by atoms with Crippen LogP contribution in [0, 0.1) is 20.6 Å². The highest BCUT2D eigenvalue weighted by atomic mass is 127. The quantitative estimate of drug-likeness (QED) is 0.0740. The second-order valence-electron chi connectivity index (χ2n) is 10.4. The van der Waals surface area contributed by atoms with Gasteiger partial charge in [-0.2, -0.15) is 0 Å². The molecule has 0 unspecified atom stereocenters. The standard InChI is InChI=1S/C33H28Cl2IN3O7S/c1-5-44-26-12-19(11-24(36)30(26)46-16-21-9-10-22(34)15-23(21)35)13-27-31(40)38-29(20-8-7-17(3)25(14-20)39(42)43)28(32(41)45-6-2)18(4)37-33(38)47-27/h7-15,29H,5-6,16H2,1-4H3/b27-13+/t29-/m0/s1. The van der Waals surface area contributed by atoms with E-state index in [9.17, 15) is 19.7 Å². The Morgan fingerprint density at radius 3 is 2.55 bits per heavy atom. The lowest BCUT2D eigenvalue weighted by atomic mass is 9.94. The van der Waals surface area contributed by atoms with Crippen molar-refractivity contribution in [1.29, 1.82) is 0 Å². The van der Waals surface area contributed by atoms with E-state index in [0.717, 1.165) is 20.5 Å². The van der Waals surface area contributed by atoms with Crippen LogP contribution in [-0.4, -0.2) is 28.7 Å². The minimum atomic E-state index is -0.985. The first kappa shape index (κ1) is 34.6. The number of nitrogens with zero attached hydrogens (tertiary/aromatic N) is 3. The number of halogens is 3. The number of carbonyl (C=O) groups is 1. The summed E-state index contributed by atoms with van der Waals surface area (Å²) in [4.78, 5) is 43.6. The summed E-state index contributed by atoms with van der Waals surface area (Å²) in [6.07, 6.45) is 1.71. The molecule has 0 radical (unpaired) electrons. The number of thiazole rings is 1. The van der Waals surface area contributed by atoms with E-state index >= 15 is 0 Å². The van der Waals surface area contributed by atoms with Crippen LogP contribution in [0.5, 0.6) is 11.5 Å². The Morgan fingerprint density at radius 2 is 1.87 bits per heavy atom. The summed E-state index contributed by atoms with van der Waals surface area (Å²) in [5, 5.41) is 12.8. The van der Waals surface area contributed by atoms with Crippen molar-refractivity contribution in [2.24, 2.45) is 4.99 Å². The van der Waals surface area contributed by atoms with E-state index in [0.29, 0.717) is 59.9 Å². The second kappa shape index (κ2) is 14.6. The van der Waals surface area contributed by atoms with Crippen LogP contribution in [0.4, 0.5) is 5.69 Å². The number of hydrogen-bond acceptors (Lipinski definition) is 9. The van der Waals surface area contributed by atoms with Crippen molar-refractivity contribution in [2.75, 3.05) is 13.2 Å². The number of allylic oxidation sites excluding steroid dienone is 1. The van der Waals surface area contributed by atoms with Crippen LogP contribution >= 0.6 is 57.1 Å². The average Bonchev–Trinajstić information content (AvgIpc) is 3.31. The van der Waals surface area contributed by atoms with Gasteiger partial charge in [-0.1, -0.05) is 52.7 Å². The number of esters is 1. The third-order valence-electron chi connectivity index (χ3n) is 7.28. The summed E-state index contributed by atoms with van der Waals surface area (Å²) in [6, 6.07) is 12.5. The van der Waals surface area contributed by atoms with Crippen molar-refractivity contribution in [3.8, 4) is 11.5 Å². The van der Waals surface area contributed by atoms with E-state index < -0.39 is 22.5 Å². The van der Waals surface area contributed by atoms with Gasteiger partial charge in [0.1, 0.15) is 6.61 Å². The number of carbonyl (C=O) groups excluding carboxylic acids is 1. The van der Waals surface area contributed by atoms with E-state index in [-0.39, 0.29) is 24.5 Å². The zero-order chi connectivity index (χ0) is 34.0. The number of hydrogen-bond donors (Lipinski definition) is 0. The molecule has 0 bridgehead atoms. The lowest BCUT2D eigenvalue weighted by Gasteiger charge is -2.24. The van der Waals surface area contributed by atoms with Crippen molar-refractivity contribution < 1.29 is 23.9 Å². The molecule has 0 aliphatic carbocycles. The SMILES string of the molecule is CCOC(=O)C1=C(C)N=c2s/c(=C/c3cc(I)c(OCc4ccc(Cl)cc4Cl)c(OCC)c3)c(=O)n2[C@H]1c1ccc(C)c([N+](=O)[O-])c1. The lowest BCUT2D eigenvalue weighted by molar-refractivity contribution is -0.385. The molecule has 47 heavy (non-hydrogen) atoms. The molecule has 0 saturated heterocycles. The summed E-state index contributed by atoms with van der Waals surface area (Å²) < 4.78 is 19.9. The Labute approximate surface area is 297 Å². The van der Waals surface area contributed by atoms with Crippen LogP contribution in [0.1, 0.15) is 49.1 Å². The van der Waals surface area contributed by atoms with Gasteiger partial charge in [-0.15, -0.1) is 0 Å². The molecule has 10 nitrogen and oxygen atoms in total. The fourth-order valence-electron chi connectivity index (χ4n) is 5.11. The molecule has 244 valence electrons. The molecule has 0 amide bonds. The Hall–Kier alpha value is -3.72. The minimum absolute atomic E-state index is 0.105. The molecule has 5 rings (SSSR count). The summed E-state index contributed by atoms with van der Waals surface area (Å²) in [6.45, 7) is 7.48. The van der Waals surface area contributed by atoms with Gasteiger partial charge in [0.25, 0.3) is 11.2 Å². The zero-order valence-corrected chi connectivity index (χ0v) is 30.1. The Morgan fingerprint density at radius 1 is 1.11 bits per heavy atom. The molecule has 0 fully saturated rings. The zero-order valence-electron chi connectivity index (χ0n) is 25.6. The second-order valence-corrected chi connectivity index (χ2v) is 13.4. The third-order valence-corrected chi connectivity index (χ3v) is 9.65. The number of nitro groups is 1. The molecule has 1 aliphatic rings. The number of benzene rings is 3. The van der Waals surface area contributed by atoms with Crippen molar-refractivity contribution in [3.63, 3.8) is 0 Å². The van der Waals surface area contributed by atoms with E-state index in [4.69, 9.17) is 37.4 Å². The van der Waals surface area contributed by atoms with Crippen LogP contribution in [0.25, 0.3) is 6.08 Å². The van der Waals surface area contributed by atoms with E-state index in [1.165, 1.54) is 10.6 Å². The van der Waals surface area contributed by atoms with Crippen LogP contribution in [0.2, 0.25) is 10.0 Å². The predicted molar refractivity (Wildman–Crippen MR) is 189 cm³/mol. The molecule has 1 atom stereocenters. The van der Waals surface area contributed by atoms with Crippen LogP contribution in [0.15, 0.2) is 69.6 Å². The monoisotopic (exact) mass is 807 g/mol. The molecule has 1 aromatic heterocycles. The largest absolute Gasteiger partial charge is 0.490 e. The number of rotatable bonds is 10. The average molecular weight is 808 g/mol. The van der Waals surface area contributed by atoms with E-state index in [1.807, 2.05) is 13.0 Å². The molecule has 4 aromatic rings. The summed E-state index contributed by atoms with van der Waals surface area (Å²) in [5.41, 5.74) is 2.23. The highest BCUT2D eigenvalue weighted by Gasteiger charge is 2.34. The smallest absolute Gasteiger partial charge is 0.338 e. The van der Waals surface area contributed by atoms with E-state index in [2.05, 4.69) is 27.6 Å². The molecule has 0 N–H and O–H groups in total. The van der Waals surface area contributed by atoms with Crippen LogP contribution in [0.3, 0.4) is 0 Å². The maximum absolute atomic E-state index is 14.1. The summed E-state index contributed by atoms with van der Waals surface area (Å²) >= 11 is 15.7. The molecule has 2 heterocycles. The maximum atomic E-state index is 14.1. The minimum Gasteiger partial charge on any atom is -0.490 e. The van der Waals surface area contributed by atoms with Gasteiger partial charge in [0.05, 0.1) is 43.6 Å². The number of fused-ring (bicyclic) bond motifs is 1. The molecule has 3 aromatic carbocycles. The highest BCUT2D eigenvalue weighted by molar-refractivity contribution is 14.1. The first-order valence-electron chi connectivity index (χ1n) is 14.4. The van der Waals surface area contributed by atoms with Crippen LogP contribution < -0.4 is 24.4 Å². The van der Waals surface area contributed by atoms with Gasteiger partial charge in [0, 0.05) is 27.2 Å².